The van der Waals surface area contributed by atoms with Crippen molar-refractivity contribution < 1.29 is 4.74 Å². The van der Waals surface area contributed by atoms with Crippen LogP contribution in [0.1, 0.15) is 38.4 Å². The van der Waals surface area contributed by atoms with Gasteiger partial charge in [-0.3, -0.25) is 4.98 Å². The molecule has 152 valence electrons. The molecule has 6 heteroatoms. The standard InChI is InChI=1S/C22H30N4O.HI/c1-4-23-21(26-13-11-22(2,3)17-26)25-15-18-8-7-10-20(14-18)27-16-19-9-5-6-12-24-19;/h5-10,12,14H,4,11,13,15-17H2,1-3H3,(H,23,25);1H. The fourth-order valence-electron chi connectivity index (χ4n) is 3.26. The van der Waals surface area contributed by atoms with Crippen molar-refractivity contribution in [1.29, 1.82) is 0 Å². The second-order valence-corrected chi connectivity index (χ2v) is 7.76. The first kappa shape index (κ1) is 22.5. The third-order valence-corrected chi connectivity index (χ3v) is 4.73. The highest BCUT2D eigenvalue weighted by molar-refractivity contribution is 14.0. The van der Waals surface area contributed by atoms with Crippen molar-refractivity contribution in [3.63, 3.8) is 0 Å². The zero-order valence-corrected chi connectivity index (χ0v) is 19.3. The average molecular weight is 494 g/mol. The molecule has 0 spiro atoms. The minimum Gasteiger partial charge on any atom is -0.487 e. The first-order valence-electron chi connectivity index (χ1n) is 9.71. The Morgan fingerprint density at radius 1 is 1.25 bits per heavy atom. The molecule has 0 bridgehead atoms. The summed E-state index contributed by atoms with van der Waals surface area (Å²) in [6, 6.07) is 14.0. The number of nitrogens with zero attached hydrogens (tertiary/aromatic N) is 3. The van der Waals surface area contributed by atoms with E-state index < -0.39 is 0 Å². The molecule has 3 rings (SSSR count). The summed E-state index contributed by atoms with van der Waals surface area (Å²) in [5.74, 6) is 1.85. The highest BCUT2D eigenvalue weighted by Gasteiger charge is 2.30. The Morgan fingerprint density at radius 3 is 2.79 bits per heavy atom. The molecule has 28 heavy (non-hydrogen) atoms. The van der Waals surface area contributed by atoms with Crippen LogP contribution in [0.2, 0.25) is 0 Å². The molecule has 1 saturated heterocycles. The van der Waals surface area contributed by atoms with E-state index in [4.69, 9.17) is 9.73 Å². The predicted molar refractivity (Wildman–Crippen MR) is 125 cm³/mol. The number of hydrogen-bond acceptors (Lipinski definition) is 3. The van der Waals surface area contributed by atoms with E-state index in [0.29, 0.717) is 18.6 Å². The number of hydrogen-bond donors (Lipinski definition) is 1. The van der Waals surface area contributed by atoms with Crippen molar-refractivity contribution in [2.45, 2.75) is 40.3 Å². The third kappa shape index (κ3) is 6.65. The van der Waals surface area contributed by atoms with Gasteiger partial charge in [-0.15, -0.1) is 24.0 Å². The topological polar surface area (TPSA) is 49.8 Å². The van der Waals surface area contributed by atoms with Gasteiger partial charge in [-0.25, -0.2) is 4.99 Å². The minimum atomic E-state index is 0. The van der Waals surface area contributed by atoms with Crippen molar-refractivity contribution in [1.82, 2.24) is 15.2 Å². The molecule has 2 heterocycles. The molecule has 2 aromatic rings. The lowest BCUT2D eigenvalue weighted by molar-refractivity contribution is 0.301. The second-order valence-electron chi connectivity index (χ2n) is 7.76. The molecule has 5 nitrogen and oxygen atoms in total. The minimum absolute atomic E-state index is 0. The molecule has 0 radical (unpaired) electrons. The van der Waals surface area contributed by atoms with Gasteiger partial charge in [0.15, 0.2) is 5.96 Å². The van der Waals surface area contributed by atoms with Crippen LogP contribution in [0.5, 0.6) is 5.75 Å². The Balaban J connectivity index is 0.00000280. The van der Waals surface area contributed by atoms with Gasteiger partial charge in [0.25, 0.3) is 0 Å². The van der Waals surface area contributed by atoms with Crippen LogP contribution in [-0.2, 0) is 13.2 Å². The molecule has 1 aliphatic heterocycles. The Kier molecular flexibility index (Phi) is 8.54. The summed E-state index contributed by atoms with van der Waals surface area (Å²) >= 11 is 0. The van der Waals surface area contributed by atoms with Crippen LogP contribution in [0.4, 0.5) is 0 Å². The normalized spacial score (nSPS) is 15.8. The molecule has 1 aliphatic rings. The van der Waals surface area contributed by atoms with Crippen molar-refractivity contribution in [3.8, 4) is 5.75 Å². The largest absolute Gasteiger partial charge is 0.487 e. The molecular formula is C22H31IN4O. The number of benzene rings is 1. The van der Waals surface area contributed by atoms with Crippen LogP contribution < -0.4 is 10.1 Å². The van der Waals surface area contributed by atoms with Crippen molar-refractivity contribution in [3.05, 3.63) is 59.9 Å². The van der Waals surface area contributed by atoms with Crippen LogP contribution in [0, 0.1) is 5.41 Å². The predicted octanol–water partition coefficient (Wildman–Crippen LogP) is 4.48. The van der Waals surface area contributed by atoms with E-state index in [1.165, 1.54) is 6.42 Å². The zero-order chi connectivity index (χ0) is 19.1. The smallest absolute Gasteiger partial charge is 0.194 e. The van der Waals surface area contributed by atoms with Crippen LogP contribution in [0.15, 0.2) is 53.7 Å². The van der Waals surface area contributed by atoms with Crippen molar-refractivity contribution in [2.75, 3.05) is 19.6 Å². The van der Waals surface area contributed by atoms with Gasteiger partial charge < -0.3 is 15.0 Å². The molecular weight excluding hydrogens is 463 g/mol. The average Bonchev–Trinajstić information content (AvgIpc) is 3.04. The van der Waals surface area contributed by atoms with E-state index in [2.05, 4.69) is 48.1 Å². The van der Waals surface area contributed by atoms with Gasteiger partial charge in [-0.2, -0.15) is 0 Å². The summed E-state index contributed by atoms with van der Waals surface area (Å²) in [7, 11) is 0. The van der Waals surface area contributed by atoms with Crippen LogP contribution in [0.3, 0.4) is 0 Å². The Hall–Kier alpha value is -1.83. The maximum absolute atomic E-state index is 5.88. The number of rotatable bonds is 6. The van der Waals surface area contributed by atoms with Gasteiger partial charge >= 0.3 is 0 Å². The number of likely N-dealkylation sites (tertiary alicyclic amines) is 1. The lowest BCUT2D eigenvalue weighted by Gasteiger charge is -2.23. The summed E-state index contributed by atoms with van der Waals surface area (Å²) in [5, 5.41) is 3.43. The van der Waals surface area contributed by atoms with Crippen LogP contribution in [0.25, 0.3) is 0 Å². The number of halogens is 1. The van der Waals surface area contributed by atoms with Crippen molar-refractivity contribution in [2.24, 2.45) is 10.4 Å². The van der Waals surface area contributed by atoms with E-state index in [1.54, 1.807) is 6.20 Å². The number of nitrogens with one attached hydrogen (secondary N) is 1. The molecule has 1 fully saturated rings. The highest BCUT2D eigenvalue weighted by Crippen LogP contribution is 2.28. The summed E-state index contributed by atoms with van der Waals surface area (Å²) in [5.41, 5.74) is 2.42. The van der Waals surface area contributed by atoms with Gasteiger partial charge in [0.1, 0.15) is 12.4 Å². The molecule has 1 aromatic heterocycles. The number of aromatic nitrogens is 1. The van der Waals surface area contributed by atoms with Crippen LogP contribution >= 0.6 is 24.0 Å². The first-order chi connectivity index (χ1) is 13.1. The Bertz CT molecular complexity index is 764. The maximum Gasteiger partial charge on any atom is 0.194 e. The molecule has 0 aliphatic carbocycles. The van der Waals surface area contributed by atoms with Gasteiger partial charge in [0.2, 0.25) is 0 Å². The van der Waals surface area contributed by atoms with E-state index in [9.17, 15) is 0 Å². The van der Waals surface area contributed by atoms with E-state index in [-0.39, 0.29) is 24.0 Å². The molecule has 1 aromatic carbocycles. The van der Waals surface area contributed by atoms with Crippen molar-refractivity contribution >= 4 is 29.9 Å². The van der Waals surface area contributed by atoms with Gasteiger partial charge in [-0.1, -0.05) is 32.0 Å². The lowest BCUT2D eigenvalue weighted by atomic mass is 9.93. The summed E-state index contributed by atoms with van der Waals surface area (Å²) in [6.45, 7) is 10.8. The van der Waals surface area contributed by atoms with Gasteiger partial charge in [0, 0.05) is 25.8 Å². The third-order valence-electron chi connectivity index (χ3n) is 4.73. The molecule has 0 amide bonds. The number of guanidine groups is 1. The lowest BCUT2D eigenvalue weighted by Crippen LogP contribution is -2.40. The highest BCUT2D eigenvalue weighted by atomic mass is 127. The Morgan fingerprint density at radius 2 is 2.11 bits per heavy atom. The second kappa shape index (κ2) is 10.6. The summed E-state index contributed by atoms with van der Waals surface area (Å²) in [6.07, 6.45) is 2.99. The summed E-state index contributed by atoms with van der Waals surface area (Å²) < 4.78 is 5.88. The monoisotopic (exact) mass is 494 g/mol. The first-order valence-corrected chi connectivity index (χ1v) is 9.71. The number of pyridine rings is 1. The molecule has 0 unspecified atom stereocenters. The molecule has 1 N–H and O–H groups in total. The van der Waals surface area contributed by atoms with E-state index >= 15 is 0 Å². The maximum atomic E-state index is 5.88. The quantitative estimate of drug-likeness (QED) is 0.366. The molecule has 0 saturated carbocycles. The van der Waals surface area contributed by atoms with E-state index in [0.717, 1.165) is 42.6 Å². The van der Waals surface area contributed by atoms with Crippen LogP contribution in [-0.4, -0.2) is 35.5 Å². The number of aliphatic imine (C=N–C) groups is 1. The SMILES string of the molecule is CCNC(=NCc1cccc(OCc2ccccn2)c1)N1CCC(C)(C)C1.I. The van der Waals surface area contributed by atoms with Gasteiger partial charge in [-0.05, 0) is 48.6 Å². The Labute approximate surface area is 185 Å². The zero-order valence-electron chi connectivity index (χ0n) is 17.0. The van der Waals surface area contributed by atoms with E-state index in [1.807, 2.05) is 30.3 Å². The fraction of sp³-hybridized carbons (Fsp3) is 0.455. The molecule has 0 atom stereocenters. The summed E-state index contributed by atoms with van der Waals surface area (Å²) in [4.78, 5) is 11.5. The van der Waals surface area contributed by atoms with Gasteiger partial charge in [0.05, 0.1) is 12.2 Å². The number of ether oxygens (including phenoxy) is 1. The fourth-order valence-corrected chi connectivity index (χ4v) is 3.26.